The highest BCUT2D eigenvalue weighted by Gasteiger charge is 2.47. The van der Waals surface area contributed by atoms with Gasteiger partial charge in [-0.2, -0.15) is 8.42 Å². The van der Waals surface area contributed by atoms with E-state index in [0.717, 1.165) is 50.6 Å². The molecule has 0 aromatic heterocycles. The predicted octanol–water partition coefficient (Wildman–Crippen LogP) is 6.99. The summed E-state index contributed by atoms with van der Waals surface area (Å²) in [6.45, 7) is 15.4. The molecule has 0 radical (unpaired) electrons. The standard InChI is InChI=1S/C30H51NO5S/c1-22(2)15-19-31-20-16-25(28(31)32)10-7-9-24(21-36-37(33,34)35)14-18-30(6)23(3)12-13-26-27(30)11-8-17-29(26,4)5/h11,16,22-24,26H,7-10,12-15,17-21H2,1-6H3,(H,33,34,35). The number of hydrogen-bond donors (Lipinski definition) is 1. The van der Waals surface area contributed by atoms with E-state index in [2.05, 4.69) is 53.7 Å². The Morgan fingerprint density at radius 2 is 1.86 bits per heavy atom. The van der Waals surface area contributed by atoms with Gasteiger partial charge in [-0.15, -0.1) is 0 Å². The van der Waals surface area contributed by atoms with Gasteiger partial charge in [-0.25, -0.2) is 4.18 Å². The summed E-state index contributed by atoms with van der Waals surface area (Å²) < 4.78 is 36.8. The fraction of sp³-hybridized carbons (Fsp3) is 0.833. The maximum absolute atomic E-state index is 12.8. The lowest BCUT2D eigenvalue weighted by Gasteiger charge is -2.53. The second-order valence-corrected chi connectivity index (χ2v) is 14.4. The van der Waals surface area contributed by atoms with Crippen LogP contribution in [0.2, 0.25) is 0 Å². The first-order valence-electron chi connectivity index (χ1n) is 14.5. The molecule has 0 bridgehead atoms. The van der Waals surface area contributed by atoms with Crippen molar-refractivity contribution in [2.45, 2.75) is 106 Å². The van der Waals surface area contributed by atoms with E-state index >= 15 is 0 Å². The van der Waals surface area contributed by atoms with Crippen LogP contribution in [-0.2, 0) is 19.4 Å². The molecule has 3 aliphatic rings. The van der Waals surface area contributed by atoms with E-state index < -0.39 is 10.4 Å². The summed E-state index contributed by atoms with van der Waals surface area (Å²) in [6, 6.07) is 0. The molecule has 1 amide bonds. The van der Waals surface area contributed by atoms with Crippen molar-refractivity contribution in [1.29, 1.82) is 0 Å². The number of allylic oxidation sites excluding steroid dienone is 2. The highest BCUT2D eigenvalue weighted by Crippen LogP contribution is 2.58. The highest BCUT2D eigenvalue weighted by atomic mass is 32.3. The van der Waals surface area contributed by atoms with Gasteiger partial charge in [0, 0.05) is 18.7 Å². The second-order valence-electron chi connectivity index (χ2n) is 13.3. The molecule has 7 heteroatoms. The number of fused-ring (bicyclic) bond motifs is 1. The number of amides is 1. The van der Waals surface area contributed by atoms with E-state index in [1.165, 1.54) is 19.3 Å². The minimum atomic E-state index is -4.48. The van der Waals surface area contributed by atoms with Crippen LogP contribution in [0.15, 0.2) is 23.3 Å². The molecular formula is C30H51NO5S. The smallest absolute Gasteiger partial charge is 0.335 e. The summed E-state index contributed by atoms with van der Waals surface area (Å²) >= 11 is 0. The van der Waals surface area contributed by atoms with Crippen molar-refractivity contribution in [1.82, 2.24) is 4.90 Å². The van der Waals surface area contributed by atoms with Crippen LogP contribution in [-0.4, -0.2) is 43.5 Å². The number of carbonyl (C=O) groups excluding carboxylic acids is 1. The van der Waals surface area contributed by atoms with E-state index in [4.69, 9.17) is 4.18 Å². The molecule has 1 heterocycles. The Hall–Kier alpha value is -1.18. The summed E-state index contributed by atoms with van der Waals surface area (Å²) in [4.78, 5) is 14.7. The topological polar surface area (TPSA) is 83.9 Å². The Morgan fingerprint density at radius 3 is 2.54 bits per heavy atom. The maximum atomic E-state index is 12.8. The van der Waals surface area contributed by atoms with E-state index in [1.807, 2.05) is 4.90 Å². The third kappa shape index (κ3) is 7.92. The van der Waals surface area contributed by atoms with E-state index in [0.29, 0.717) is 36.1 Å². The van der Waals surface area contributed by atoms with Gasteiger partial charge in [0.15, 0.2) is 0 Å². The molecule has 212 valence electrons. The molecule has 0 aromatic carbocycles. The lowest BCUT2D eigenvalue weighted by Crippen LogP contribution is -2.43. The van der Waals surface area contributed by atoms with Gasteiger partial charge < -0.3 is 4.90 Å². The van der Waals surface area contributed by atoms with Gasteiger partial charge in [0.1, 0.15) is 0 Å². The van der Waals surface area contributed by atoms with Gasteiger partial charge >= 0.3 is 10.4 Å². The first kappa shape index (κ1) is 30.4. The van der Waals surface area contributed by atoms with Crippen LogP contribution in [0.3, 0.4) is 0 Å². The molecule has 1 fully saturated rings. The third-order valence-corrected chi connectivity index (χ3v) is 10.2. The molecule has 3 rings (SSSR count). The lowest BCUT2D eigenvalue weighted by molar-refractivity contribution is -0.125. The second kappa shape index (κ2) is 12.3. The van der Waals surface area contributed by atoms with Crippen molar-refractivity contribution in [3.63, 3.8) is 0 Å². The number of carbonyl (C=O) groups is 1. The summed E-state index contributed by atoms with van der Waals surface area (Å²) in [5.41, 5.74) is 2.91. The van der Waals surface area contributed by atoms with Crippen molar-refractivity contribution in [2.75, 3.05) is 19.7 Å². The molecule has 37 heavy (non-hydrogen) atoms. The van der Waals surface area contributed by atoms with Crippen LogP contribution >= 0.6 is 0 Å². The van der Waals surface area contributed by atoms with E-state index in [1.54, 1.807) is 5.57 Å². The first-order chi connectivity index (χ1) is 17.2. The van der Waals surface area contributed by atoms with Crippen molar-refractivity contribution in [3.05, 3.63) is 23.3 Å². The monoisotopic (exact) mass is 537 g/mol. The molecule has 1 N–H and O–H groups in total. The zero-order valence-electron chi connectivity index (χ0n) is 24.1. The maximum Gasteiger partial charge on any atom is 0.397 e. The molecule has 4 atom stereocenters. The van der Waals surface area contributed by atoms with Gasteiger partial charge in [0.05, 0.1) is 6.61 Å². The van der Waals surface area contributed by atoms with Gasteiger partial charge in [-0.3, -0.25) is 9.35 Å². The first-order valence-corrected chi connectivity index (χ1v) is 15.9. The Morgan fingerprint density at radius 1 is 1.14 bits per heavy atom. The molecular weight excluding hydrogens is 486 g/mol. The zero-order valence-corrected chi connectivity index (χ0v) is 24.9. The summed E-state index contributed by atoms with van der Waals surface area (Å²) in [7, 11) is -4.48. The fourth-order valence-corrected chi connectivity index (χ4v) is 7.28. The zero-order chi connectivity index (χ0) is 27.4. The molecule has 4 unspecified atom stereocenters. The van der Waals surface area contributed by atoms with E-state index in [9.17, 15) is 17.8 Å². The minimum Gasteiger partial charge on any atom is -0.335 e. The average Bonchev–Trinajstić information content (AvgIpc) is 3.15. The third-order valence-electron chi connectivity index (χ3n) is 9.79. The molecule has 0 spiro atoms. The molecule has 0 aromatic rings. The number of hydrogen-bond acceptors (Lipinski definition) is 4. The van der Waals surface area contributed by atoms with Gasteiger partial charge in [-0.05, 0) is 98.7 Å². The fourth-order valence-electron chi connectivity index (χ4n) is 6.91. The molecule has 1 saturated carbocycles. The molecule has 6 nitrogen and oxygen atoms in total. The summed E-state index contributed by atoms with van der Waals surface area (Å²) in [6.07, 6.45) is 14.5. The van der Waals surface area contributed by atoms with Crippen molar-refractivity contribution in [3.8, 4) is 0 Å². The van der Waals surface area contributed by atoms with Gasteiger partial charge in [-0.1, -0.05) is 59.3 Å². The number of nitrogens with zero attached hydrogens (tertiary/aromatic N) is 1. The van der Waals surface area contributed by atoms with Crippen LogP contribution < -0.4 is 0 Å². The Kier molecular flexibility index (Phi) is 10.1. The molecule has 1 aliphatic heterocycles. The van der Waals surface area contributed by atoms with Crippen LogP contribution in [0.25, 0.3) is 0 Å². The van der Waals surface area contributed by atoms with Crippen LogP contribution in [0.4, 0.5) is 0 Å². The van der Waals surface area contributed by atoms with E-state index in [-0.39, 0.29) is 23.8 Å². The predicted molar refractivity (Wildman–Crippen MR) is 149 cm³/mol. The van der Waals surface area contributed by atoms with Crippen LogP contribution in [0, 0.1) is 34.5 Å². The number of rotatable bonds is 13. The van der Waals surface area contributed by atoms with Gasteiger partial charge in [0.2, 0.25) is 5.91 Å². The van der Waals surface area contributed by atoms with Crippen molar-refractivity contribution < 1.29 is 21.9 Å². The Balaban J connectivity index is 1.61. The summed E-state index contributed by atoms with van der Waals surface area (Å²) in [5.74, 6) is 1.92. The van der Waals surface area contributed by atoms with Crippen LogP contribution in [0.5, 0.6) is 0 Å². The largest absolute Gasteiger partial charge is 0.397 e. The Labute approximate surface area is 226 Å². The molecule has 2 aliphatic carbocycles. The van der Waals surface area contributed by atoms with Crippen molar-refractivity contribution in [2.24, 2.45) is 34.5 Å². The summed E-state index contributed by atoms with van der Waals surface area (Å²) in [5, 5.41) is 0. The van der Waals surface area contributed by atoms with Crippen LogP contribution in [0.1, 0.15) is 106 Å². The SMILES string of the molecule is CC(C)CCN1CC=C(CCCC(CCC2(C)C3=CCCC(C)(C)C3CCC2C)COS(=O)(=O)O)C1=O. The lowest BCUT2D eigenvalue weighted by atomic mass is 9.52. The Bertz CT molecular complexity index is 966. The van der Waals surface area contributed by atoms with Crippen molar-refractivity contribution >= 4 is 16.3 Å². The average molecular weight is 538 g/mol. The minimum absolute atomic E-state index is 0.00916. The normalized spacial score (nSPS) is 28.8. The molecule has 0 saturated heterocycles. The highest BCUT2D eigenvalue weighted by molar-refractivity contribution is 7.80. The van der Waals surface area contributed by atoms with Gasteiger partial charge in [0.25, 0.3) is 0 Å². The quantitative estimate of drug-likeness (QED) is 0.202.